The van der Waals surface area contributed by atoms with Gasteiger partial charge in [-0.05, 0) is 30.7 Å². The molecule has 3 unspecified atom stereocenters. The molecule has 4 rings (SSSR count). The quantitative estimate of drug-likeness (QED) is 0.910. The molecule has 21 heavy (non-hydrogen) atoms. The predicted octanol–water partition coefficient (Wildman–Crippen LogP) is 2.76. The van der Waals surface area contributed by atoms with Crippen LogP contribution in [0, 0.1) is 29.4 Å². The summed E-state index contributed by atoms with van der Waals surface area (Å²) in [7, 11) is 0. The Morgan fingerprint density at radius 3 is 2.81 bits per heavy atom. The molecule has 0 aromatic heterocycles. The number of hydroxylamine groups is 1. The van der Waals surface area contributed by atoms with Crippen molar-refractivity contribution in [1.82, 2.24) is 5.48 Å². The van der Waals surface area contributed by atoms with Crippen LogP contribution in [0.5, 0.6) is 0 Å². The van der Waals surface area contributed by atoms with Crippen LogP contribution in [0.4, 0.5) is 8.78 Å². The van der Waals surface area contributed by atoms with Gasteiger partial charge in [-0.3, -0.25) is 0 Å². The van der Waals surface area contributed by atoms with Crippen LogP contribution in [0.25, 0.3) is 0 Å². The van der Waals surface area contributed by atoms with Crippen molar-refractivity contribution >= 4 is 0 Å². The average molecular weight is 295 g/mol. The van der Waals surface area contributed by atoms with E-state index in [-0.39, 0.29) is 12.0 Å². The monoisotopic (exact) mass is 295 g/mol. The summed E-state index contributed by atoms with van der Waals surface area (Å²) in [6, 6.07) is 3.72. The van der Waals surface area contributed by atoms with E-state index in [0.717, 1.165) is 18.4 Å². The predicted molar refractivity (Wildman–Crippen MR) is 72.2 cm³/mol. The van der Waals surface area contributed by atoms with Crippen LogP contribution in [0.2, 0.25) is 0 Å². The topological polar surface area (TPSA) is 30.5 Å². The minimum absolute atomic E-state index is 0.156. The Labute approximate surface area is 122 Å². The number of ether oxygens (including phenoxy) is 1. The minimum atomic E-state index is -0.688. The van der Waals surface area contributed by atoms with Crippen molar-refractivity contribution in [3.8, 4) is 0 Å². The lowest BCUT2D eigenvalue weighted by molar-refractivity contribution is -0.0789. The van der Waals surface area contributed by atoms with Gasteiger partial charge < -0.3 is 9.57 Å². The van der Waals surface area contributed by atoms with E-state index in [4.69, 9.17) is 9.57 Å². The third-order valence-electron chi connectivity index (χ3n) is 5.34. The van der Waals surface area contributed by atoms with Crippen molar-refractivity contribution in [2.24, 2.45) is 17.8 Å². The van der Waals surface area contributed by atoms with E-state index in [9.17, 15) is 8.78 Å². The molecule has 0 radical (unpaired) electrons. The lowest BCUT2D eigenvalue weighted by atomic mass is 9.75. The van der Waals surface area contributed by atoms with Crippen molar-refractivity contribution in [1.29, 1.82) is 0 Å². The number of hydrogen-bond acceptors (Lipinski definition) is 3. The number of rotatable bonds is 2. The normalized spacial score (nSPS) is 41.9. The van der Waals surface area contributed by atoms with Crippen molar-refractivity contribution in [3.05, 3.63) is 35.4 Å². The summed E-state index contributed by atoms with van der Waals surface area (Å²) in [4.78, 5) is 5.42. The van der Waals surface area contributed by atoms with Crippen LogP contribution < -0.4 is 5.48 Å². The lowest BCUT2D eigenvalue weighted by Gasteiger charge is -2.41. The van der Waals surface area contributed by atoms with Gasteiger partial charge in [-0.2, -0.15) is 5.48 Å². The molecule has 0 bridgehead atoms. The number of fused-ring (bicyclic) bond motifs is 1. The van der Waals surface area contributed by atoms with Crippen LogP contribution in [-0.4, -0.2) is 19.3 Å². The largest absolute Gasteiger partial charge is 0.376 e. The summed E-state index contributed by atoms with van der Waals surface area (Å²) in [5, 5.41) is 0. The first-order chi connectivity index (χ1) is 10.1. The van der Waals surface area contributed by atoms with Gasteiger partial charge in [0.1, 0.15) is 11.6 Å². The van der Waals surface area contributed by atoms with Crippen molar-refractivity contribution in [2.75, 3.05) is 13.2 Å². The van der Waals surface area contributed by atoms with E-state index >= 15 is 0 Å². The van der Waals surface area contributed by atoms with Crippen LogP contribution in [0.3, 0.4) is 0 Å². The highest BCUT2D eigenvalue weighted by Gasteiger charge is 2.54. The molecule has 1 saturated carbocycles. The molecule has 5 atom stereocenters. The summed E-state index contributed by atoms with van der Waals surface area (Å²) in [6.45, 7) is 3.14. The van der Waals surface area contributed by atoms with Crippen LogP contribution in [-0.2, 0) is 15.1 Å². The first kappa shape index (κ1) is 13.6. The van der Waals surface area contributed by atoms with E-state index in [1.54, 1.807) is 0 Å². The van der Waals surface area contributed by atoms with E-state index in [0.29, 0.717) is 24.7 Å². The van der Waals surface area contributed by atoms with Gasteiger partial charge in [-0.15, -0.1) is 0 Å². The summed E-state index contributed by atoms with van der Waals surface area (Å²) in [5.74, 6) is 0.398. The molecule has 2 aliphatic heterocycles. The van der Waals surface area contributed by atoms with E-state index in [1.807, 2.05) is 0 Å². The van der Waals surface area contributed by atoms with Crippen LogP contribution in [0.1, 0.15) is 25.3 Å². The smallest absolute Gasteiger partial charge is 0.131 e. The number of benzene rings is 1. The molecule has 114 valence electrons. The van der Waals surface area contributed by atoms with Gasteiger partial charge in [0.2, 0.25) is 0 Å². The summed E-state index contributed by atoms with van der Waals surface area (Å²) in [6.07, 6.45) is 2.31. The molecule has 3 aliphatic rings. The SMILES string of the molecule is C[C@@H]1C[C@H]1C1CC2CONC2(c2ccc(F)cc2F)CO1. The van der Waals surface area contributed by atoms with Crippen molar-refractivity contribution in [2.45, 2.75) is 31.4 Å². The van der Waals surface area contributed by atoms with Gasteiger partial charge in [0, 0.05) is 17.5 Å². The third kappa shape index (κ3) is 2.10. The molecular formula is C16H19F2NO2. The number of hydrogen-bond donors (Lipinski definition) is 1. The summed E-state index contributed by atoms with van der Waals surface area (Å²) in [5.41, 5.74) is 2.70. The maximum Gasteiger partial charge on any atom is 0.131 e. The standard InChI is InChI=1S/C16H19F2NO2/c1-9-4-12(9)15-5-10-7-21-19-16(10,8-20-15)13-3-2-11(17)6-14(13)18/h2-3,6,9-10,12,15,19H,4-5,7-8H2,1H3/t9-,10?,12-,15?,16?/m1/s1. The zero-order valence-corrected chi connectivity index (χ0v) is 11.9. The zero-order valence-electron chi connectivity index (χ0n) is 11.9. The molecular weight excluding hydrogens is 276 g/mol. The van der Waals surface area contributed by atoms with Gasteiger partial charge in [0.15, 0.2) is 0 Å². The third-order valence-corrected chi connectivity index (χ3v) is 5.34. The fourth-order valence-corrected chi connectivity index (χ4v) is 3.87. The molecule has 1 aromatic rings. The Bertz CT molecular complexity index is 567. The molecule has 5 heteroatoms. The van der Waals surface area contributed by atoms with Gasteiger partial charge in [0.25, 0.3) is 0 Å². The van der Waals surface area contributed by atoms with Crippen molar-refractivity contribution < 1.29 is 18.4 Å². The summed E-state index contributed by atoms with van der Waals surface area (Å²) < 4.78 is 33.4. The average Bonchev–Trinajstić information content (AvgIpc) is 3.02. The Morgan fingerprint density at radius 1 is 1.29 bits per heavy atom. The number of nitrogens with one attached hydrogen (secondary N) is 1. The highest BCUT2D eigenvalue weighted by atomic mass is 19.1. The molecule has 2 heterocycles. The molecule has 2 saturated heterocycles. The first-order valence-corrected chi connectivity index (χ1v) is 7.56. The Kier molecular flexibility index (Phi) is 3.07. The Balaban J connectivity index is 1.63. The minimum Gasteiger partial charge on any atom is -0.376 e. The fraction of sp³-hybridized carbons (Fsp3) is 0.625. The highest BCUT2D eigenvalue weighted by Crippen LogP contribution is 2.50. The van der Waals surface area contributed by atoms with Crippen LogP contribution in [0.15, 0.2) is 18.2 Å². The van der Waals surface area contributed by atoms with Gasteiger partial charge in [0.05, 0.1) is 24.9 Å². The first-order valence-electron chi connectivity index (χ1n) is 7.56. The van der Waals surface area contributed by atoms with Gasteiger partial charge >= 0.3 is 0 Å². The van der Waals surface area contributed by atoms with Crippen LogP contribution >= 0.6 is 0 Å². The Morgan fingerprint density at radius 2 is 2.10 bits per heavy atom. The Hall–Kier alpha value is -1.04. The molecule has 0 spiro atoms. The molecule has 3 nitrogen and oxygen atoms in total. The highest BCUT2D eigenvalue weighted by molar-refractivity contribution is 5.29. The summed E-state index contributed by atoms with van der Waals surface area (Å²) >= 11 is 0. The molecule has 1 N–H and O–H groups in total. The van der Waals surface area contributed by atoms with E-state index < -0.39 is 17.2 Å². The van der Waals surface area contributed by atoms with E-state index in [1.165, 1.54) is 18.6 Å². The van der Waals surface area contributed by atoms with Gasteiger partial charge in [-0.25, -0.2) is 8.78 Å². The maximum absolute atomic E-state index is 14.2. The molecule has 0 amide bonds. The second-order valence-corrected chi connectivity index (χ2v) is 6.67. The molecule has 3 fully saturated rings. The molecule has 1 aliphatic carbocycles. The second-order valence-electron chi connectivity index (χ2n) is 6.67. The lowest BCUT2D eigenvalue weighted by Crippen LogP contribution is -2.52. The maximum atomic E-state index is 14.2. The second kappa shape index (κ2) is 4.73. The molecule has 1 aromatic carbocycles. The number of halogens is 2. The van der Waals surface area contributed by atoms with Crippen molar-refractivity contribution in [3.63, 3.8) is 0 Å². The van der Waals surface area contributed by atoms with E-state index in [2.05, 4.69) is 12.4 Å². The zero-order chi connectivity index (χ0) is 14.6. The van der Waals surface area contributed by atoms with Gasteiger partial charge in [-0.1, -0.05) is 13.0 Å². The fourth-order valence-electron chi connectivity index (χ4n) is 3.87.